The molecule has 1 aromatic heterocycles. The molecule has 3 N–H and O–H groups in total. The van der Waals surface area contributed by atoms with Gasteiger partial charge in [0.25, 0.3) is 0 Å². The van der Waals surface area contributed by atoms with Gasteiger partial charge in [-0.15, -0.1) is 5.10 Å². The van der Waals surface area contributed by atoms with Crippen molar-refractivity contribution in [2.75, 3.05) is 6.61 Å². The average molecular weight is 185 g/mol. The maximum absolute atomic E-state index is 10.2. The first-order valence-electron chi connectivity index (χ1n) is 3.66. The lowest BCUT2D eigenvalue weighted by Gasteiger charge is -1.99. The summed E-state index contributed by atoms with van der Waals surface area (Å²) in [5.41, 5.74) is 8.10. The van der Waals surface area contributed by atoms with Crippen LogP contribution in [-0.2, 0) is 23.2 Å². The third kappa shape index (κ3) is 3.63. The highest BCUT2D eigenvalue weighted by Gasteiger charge is 1.98. The molecule has 0 aliphatic carbocycles. The van der Waals surface area contributed by atoms with Crippen LogP contribution in [0.25, 0.3) is 0 Å². The third-order valence-electron chi connectivity index (χ3n) is 1.22. The molecule has 1 aromatic rings. The summed E-state index contributed by atoms with van der Waals surface area (Å²) >= 11 is 0. The van der Waals surface area contributed by atoms with Crippen LogP contribution < -0.4 is 11.2 Å². The van der Waals surface area contributed by atoms with Gasteiger partial charge in [0.05, 0.1) is 12.2 Å². The topological polar surface area (TPSA) is 95.1 Å². The average Bonchev–Trinajstić information content (AvgIpc) is 2.45. The van der Waals surface area contributed by atoms with Gasteiger partial charge in [-0.05, 0) is 0 Å². The van der Waals surface area contributed by atoms with E-state index in [0.29, 0.717) is 6.54 Å². The van der Waals surface area contributed by atoms with Gasteiger partial charge >= 0.3 is 0 Å². The molecule has 0 aliphatic rings. The number of nitrogens with zero attached hydrogens (tertiary/aromatic N) is 3. The van der Waals surface area contributed by atoms with E-state index in [-0.39, 0.29) is 6.61 Å². The first kappa shape index (κ1) is 9.62. The number of hydrogen-bond acceptors (Lipinski definition) is 5. The molecule has 0 unspecified atom stereocenters. The molecule has 0 aromatic carbocycles. The molecule has 0 saturated carbocycles. The minimum atomic E-state index is -0.522. The van der Waals surface area contributed by atoms with Gasteiger partial charge in [0.1, 0.15) is 6.61 Å². The van der Waals surface area contributed by atoms with Crippen LogP contribution in [0, 0.1) is 0 Å². The molecule has 7 nitrogen and oxygen atoms in total. The van der Waals surface area contributed by atoms with Gasteiger partial charge in [0.2, 0.25) is 5.91 Å². The van der Waals surface area contributed by atoms with Crippen LogP contribution in [-0.4, -0.2) is 27.5 Å². The molecule has 13 heavy (non-hydrogen) atoms. The first-order valence-corrected chi connectivity index (χ1v) is 3.66. The zero-order chi connectivity index (χ0) is 9.68. The smallest absolute Gasteiger partial charge is 0.245 e. The van der Waals surface area contributed by atoms with Crippen molar-refractivity contribution in [3.63, 3.8) is 0 Å². The number of carbonyl (C=O) groups is 1. The molecule has 72 valence electrons. The van der Waals surface area contributed by atoms with Crippen LogP contribution in [0.15, 0.2) is 6.20 Å². The van der Waals surface area contributed by atoms with Crippen LogP contribution >= 0.6 is 0 Å². The molecule has 0 spiro atoms. The van der Waals surface area contributed by atoms with Gasteiger partial charge in [-0.3, -0.25) is 14.3 Å². The zero-order valence-electron chi connectivity index (χ0n) is 7.23. The number of aromatic nitrogens is 3. The normalized spacial score (nSPS) is 10.2. The van der Waals surface area contributed by atoms with Gasteiger partial charge < -0.3 is 5.73 Å². The Morgan fingerprint density at radius 3 is 3.15 bits per heavy atom. The molecule has 0 saturated heterocycles. The fourth-order valence-electron chi connectivity index (χ4n) is 0.723. The highest BCUT2D eigenvalue weighted by Crippen LogP contribution is 1.88. The Hall–Kier alpha value is -1.47. The number of carbonyl (C=O) groups excluding carboxylic acids is 1. The van der Waals surface area contributed by atoms with E-state index in [2.05, 4.69) is 15.8 Å². The number of rotatable bonds is 5. The Bertz CT molecular complexity index is 284. The fraction of sp³-hybridized carbons (Fsp3) is 0.500. The van der Waals surface area contributed by atoms with E-state index < -0.39 is 5.91 Å². The lowest BCUT2D eigenvalue weighted by atomic mass is 10.5. The van der Waals surface area contributed by atoms with Crippen molar-refractivity contribution in [2.24, 2.45) is 12.8 Å². The number of nitrogens with one attached hydrogen (secondary N) is 1. The highest BCUT2D eigenvalue weighted by atomic mass is 16.6. The highest BCUT2D eigenvalue weighted by molar-refractivity contribution is 5.74. The molecular weight excluding hydrogens is 174 g/mol. The molecule has 1 rings (SSSR count). The maximum Gasteiger partial charge on any atom is 0.245 e. The summed E-state index contributed by atoms with van der Waals surface area (Å²) in [5.74, 6) is -0.522. The monoisotopic (exact) mass is 185 g/mol. The second-order valence-corrected chi connectivity index (χ2v) is 2.46. The molecule has 1 amide bonds. The Balaban J connectivity index is 2.16. The standard InChI is InChI=1S/C6H11N5O2/c1-11-3-5(9-10-11)2-8-13-4-6(7)12/h3,8H,2,4H2,1H3,(H2,7,12). The van der Waals surface area contributed by atoms with Gasteiger partial charge in [-0.25, -0.2) is 0 Å². The van der Waals surface area contributed by atoms with Crippen molar-refractivity contribution < 1.29 is 9.63 Å². The predicted molar refractivity (Wildman–Crippen MR) is 43.0 cm³/mol. The van der Waals surface area contributed by atoms with Gasteiger partial charge in [0, 0.05) is 13.2 Å². The van der Waals surface area contributed by atoms with Crippen LogP contribution in [0.1, 0.15) is 5.69 Å². The first-order chi connectivity index (χ1) is 6.18. The van der Waals surface area contributed by atoms with E-state index in [1.165, 1.54) is 0 Å². The van der Waals surface area contributed by atoms with Crippen LogP contribution in [0.3, 0.4) is 0 Å². The van der Waals surface area contributed by atoms with Crippen molar-refractivity contribution in [3.8, 4) is 0 Å². The van der Waals surface area contributed by atoms with Crippen LogP contribution in [0.4, 0.5) is 0 Å². The quantitative estimate of drug-likeness (QED) is 0.422. The van der Waals surface area contributed by atoms with Crippen LogP contribution in [0.2, 0.25) is 0 Å². The van der Waals surface area contributed by atoms with Crippen molar-refractivity contribution in [3.05, 3.63) is 11.9 Å². The summed E-state index contributed by atoms with van der Waals surface area (Å²) in [6, 6.07) is 0. The Kier molecular flexibility index (Phi) is 3.35. The summed E-state index contributed by atoms with van der Waals surface area (Å²) in [7, 11) is 1.76. The fourth-order valence-corrected chi connectivity index (χ4v) is 0.723. The molecule has 0 radical (unpaired) electrons. The number of hydroxylamine groups is 1. The minimum Gasteiger partial charge on any atom is -0.368 e. The Labute approximate surface area is 74.8 Å². The van der Waals surface area contributed by atoms with E-state index >= 15 is 0 Å². The molecule has 7 heteroatoms. The summed E-state index contributed by atoms with van der Waals surface area (Å²) in [4.78, 5) is 14.9. The SMILES string of the molecule is Cn1cc(CNOCC(N)=O)nn1. The zero-order valence-corrected chi connectivity index (χ0v) is 7.23. The van der Waals surface area contributed by atoms with Gasteiger partial charge in [0.15, 0.2) is 0 Å². The Morgan fingerprint density at radius 1 is 1.85 bits per heavy atom. The van der Waals surface area contributed by atoms with Gasteiger partial charge in [-0.1, -0.05) is 5.21 Å². The lowest BCUT2D eigenvalue weighted by Crippen LogP contribution is -2.24. The molecule has 0 bridgehead atoms. The van der Waals surface area contributed by atoms with Crippen molar-refractivity contribution in [2.45, 2.75) is 6.54 Å². The van der Waals surface area contributed by atoms with Crippen molar-refractivity contribution in [1.82, 2.24) is 20.5 Å². The molecule has 0 atom stereocenters. The number of nitrogens with two attached hydrogens (primary N) is 1. The molecular formula is C6H11N5O2. The van der Waals surface area contributed by atoms with Crippen molar-refractivity contribution >= 4 is 5.91 Å². The second-order valence-electron chi connectivity index (χ2n) is 2.46. The number of amides is 1. The Morgan fingerprint density at radius 2 is 2.62 bits per heavy atom. The lowest BCUT2D eigenvalue weighted by molar-refractivity contribution is -0.125. The van der Waals surface area contributed by atoms with Crippen LogP contribution in [0.5, 0.6) is 0 Å². The number of hydrogen-bond donors (Lipinski definition) is 2. The summed E-state index contributed by atoms with van der Waals surface area (Å²) in [5, 5.41) is 7.50. The van der Waals surface area contributed by atoms with E-state index in [4.69, 9.17) is 10.6 Å². The number of aryl methyl sites for hydroxylation is 1. The second kappa shape index (κ2) is 4.53. The maximum atomic E-state index is 10.2. The van der Waals surface area contributed by atoms with E-state index in [0.717, 1.165) is 5.69 Å². The summed E-state index contributed by atoms with van der Waals surface area (Å²) in [6.07, 6.45) is 1.74. The largest absolute Gasteiger partial charge is 0.368 e. The summed E-state index contributed by atoms with van der Waals surface area (Å²) < 4.78 is 1.57. The minimum absolute atomic E-state index is 0.153. The third-order valence-corrected chi connectivity index (χ3v) is 1.22. The molecule has 1 heterocycles. The van der Waals surface area contributed by atoms with E-state index in [9.17, 15) is 4.79 Å². The van der Waals surface area contributed by atoms with Crippen molar-refractivity contribution in [1.29, 1.82) is 0 Å². The van der Waals surface area contributed by atoms with Gasteiger partial charge in [-0.2, -0.15) is 5.48 Å². The van der Waals surface area contributed by atoms with E-state index in [1.54, 1.807) is 17.9 Å². The summed E-state index contributed by atoms with van der Waals surface area (Å²) in [6.45, 7) is 0.237. The number of primary amides is 1. The molecule has 0 aliphatic heterocycles. The predicted octanol–water partition coefficient (Wildman–Crippen LogP) is -1.68. The van der Waals surface area contributed by atoms with E-state index in [1.807, 2.05) is 0 Å². The molecule has 0 fully saturated rings.